The van der Waals surface area contributed by atoms with Gasteiger partial charge in [-0.05, 0) is 18.9 Å². The number of alkyl halides is 1. The molecule has 76 valence electrons. The van der Waals surface area contributed by atoms with Gasteiger partial charge in [-0.25, -0.2) is 0 Å². The minimum absolute atomic E-state index is 0.0355. The van der Waals surface area contributed by atoms with E-state index in [1.165, 1.54) is 11.1 Å². The predicted molar refractivity (Wildman–Crippen MR) is 58.6 cm³/mol. The highest BCUT2D eigenvalue weighted by Gasteiger charge is 1.97. The van der Waals surface area contributed by atoms with E-state index in [4.69, 9.17) is 11.6 Å². The fourth-order valence-electron chi connectivity index (χ4n) is 1.26. The quantitative estimate of drug-likeness (QED) is 0.758. The van der Waals surface area contributed by atoms with Gasteiger partial charge in [-0.3, -0.25) is 4.79 Å². The number of amides is 1. The first kappa shape index (κ1) is 11.1. The van der Waals surface area contributed by atoms with Crippen LogP contribution in [0.1, 0.15) is 11.1 Å². The molecule has 0 saturated heterocycles. The first-order valence-electron chi connectivity index (χ1n) is 4.60. The lowest BCUT2D eigenvalue weighted by molar-refractivity contribution is -0.118. The molecule has 0 aromatic heterocycles. The van der Waals surface area contributed by atoms with Crippen molar-refractivity contribution in [3.8, 4) is 0 Å². The van der Waals surface area contributed by atoms with Crippen molar-refractivity contribution >= 4 is 17.5 Å². The van der Waals surface area contributed by atoms with Crippen LogP contribution in [0.5, 0.6) is 0 Å². The van der Waals surface area contributed by atoms with Gasteiger partial charge in [0.1, 0.15) is 5.88 Å². The largest absolute Gasteiger partial charge is 0.355 e. The van der Waals surface area contributed by atoms with Crippen molar-refractivity contribution in [2.45, 2.75) is 13.3 Å². The zero-order valence-corrected chi connectivity index (χ0v) is 8.97. The van der Waals surface area contributed by atoms with Gasteiger partial charge in [0.15, 0.2) is 0 Å². The first-order chi connectivity index (χ1) is 6.72. The van der Waals surface area contributed by atoms with Crippen LogP contribution in [0, 0.1) is 6.92 Å². The molecule has 0 aliphatic carbocycles. The van der Waals surface area contributed by atoms with E-state index in [0.29, 0.717) is 6.54 Å². The van der Waals surface area contributed by atoms with Crippen LogP contribution in [0.2, 0.25) is 0 Å². The second-order valence-electron chi connectivity index (χ2n) is 3.22. The summed E-state index contributed by atoms with van der Waals surface area (Å²) in [5, 5.41) is 2.73. The Morgan fingerprint density at radius 1 is 1.50 bits per heavy atom. The summed E-state index contributed by atoms with van der Waals surface area (Å²) >= 11 is 5.35. The smallest absolute Gasteiger partial charge is 0.234 e. The van der Waals surface area contributed by atoms with E-state index in [1.807, 2.05) is 6.07 Å². The van der Waals surface area contributed by atoms with Gasteiger partial charge in [-0.15, -0.1) is 11.6 Å². The third-order valence-corrected chi connectivity index (χ3v) is 2.18. The summed E-state index contributed by atoms with van der Waals surface area (Å²) in [6.07, 6.45) is 0.851. The number of hydrogen-bond acceptors (Lipinski definition) is 1. The average molecular weight is 212 g/mol. The van der Waals surface area contributed by atoms with Crippen LogP contribution < -0.4 is 5.32 Å². The van der Waals surface area contributed by atoms with Crippen molar-refractivity contribution in [3.63, 3.8) is 0 Å². The second kappa shape index (κ2) is 5.66. The van der Waals surface area contributed by atoms with Crippen LogP contribution in [0.15, 0.2) is 24.3 Å². The van der Waals surface area contributed by atoms with Crippen molar-refractivity contribution in [3.05, 3.63) is 35.4 Å². The van der Waals surface area contributed by atoms with Gasteiger partial charge in [-0.1, -0.05) is 29.8 Å². The molecule has 1 rings (SSSR count). The molecule has 0 bridgehead atoms. The van der Waals surface area contributed by atoms with Crippen LogP contribution in [0.4, 0.5) is 0 Å². The number of nitrogens with one attached hydrogen (secondary N) is 1. The van der Waals surface area contributed by atoms with Gasteiger partial charge in [0.2, 0.25) is 5.91 Å². The highest BCUT2D eigenvalue weighted by molar-refractivity contribution is 6.27. The van der Waals surface area contributed by atoms with Crippen molar-refractivity contribution in [2.24, 2.45) is 0 Å². The number of aryl methyl sites for hydroxylation is 1. The zero-order chi connectivity index (χ0) is 10.4. The molecule has 0 radical (unpaired) electrons. The normalized spacial score (nSPS) is 9.86. The van der Waals surface area contributed by atoms with Crippen molar-refractivity contribution < 1.29 is 4.79 Å². The molecular weight excluding hydrogens is 198 g/mol. The van der Waals surface area contributed by atoms with E-state index in [1.54, 1.807) is 0 Å². The first-order valence-corrected chi connectivity index (χ1v) is 5.14. The Morgan fingerprint density at radius 2 is 2.29 bits per heavy atom. The maximum atomic E-state index is 10.8. The van der Waals surface area contributed by atoms with E-state index < -0.39 is 0 Å². The Balaban J connectivity index is 2.35. The Labute approximate surface area is 89.3 Å². The lowest BCUT2D eigenvalue weighted by Gasteiger charge is -2.03. The topological polar surface area (TPSA) is 29.1 Å². The summed E-state index contributed by atoms with van der Waals surface area (Å²) in [7, 11) is 0. The maximum Gasteiger partial charge on any atom is 0.234 e. The Kier molecular flexibility index (Phi) is 4.47. The summed E-state index contributed by atoms with van der Waals surface area (Å²) in [6.45, 7) is 2.70. The molecule has 1 amide bonds. The summed E-state index contributed by atoms with van der Waals surface area (Å²) in [4.78, 5) is 10.8. The van der Waals surface area contributed by atoms with E-state index in [-0.39, 0.29) is 11.8 Å². The zero-order valence-electron chi connectivity index (χ0n) is 8.22. The molecule has 0 unspecified atom stereocenters. The Hall–Kier alpha value is -1.02. The van der Waals surface area contributed by atoms with E-state index in [2.05, 4.69) is 30.4 Å². The molecule has 1 N–H and O–H groups in total. The van der Waals surface area contributed by atoms with E-state index in [0.717, 1.165) is 6.42 Å². The molecule has 0 spiro atoms. The van der Waals surface area contributed by atoms with Crippen LogP contribution in [0.3, 0.4) is 0 Å². The minimum atomic E-state index is -0.112. The predicted octanol–water partition coefficient (Wildman–Crippen LogP) is 1.89. The molecule has 0 fully saturated rings. The SMILES string of the molecule is Cc1cccc(CCNC(=O)CCl)c1. The van der Waals surface area contributed by atoms with Gasteiger partial charge in [0, 0.05) is 6.54 Å². The third kappa shape index (κ3) is 3.79. The molecule has 0 saturated carbocycles. The number of hydrogen-bond donors (Lipinski definition) is 1. The molecule has 3 heteroatoms. The lowest BCUT2D eigenvalue weighted by Crippen LogP contribution is -2.26. The van der Waals surface area contributed by atoms with Crippen molar-refractivity contribution in [2.75, 3.05) is 12.4 Å². The van der Waals surface area contributed by atoms with Gasteiger partial charge in [-0.2, -0.15) is 0 Å². The molecule has 2 nitrogen and oxygen atoms in total. The molecule has 0 atom stereocenters. The van der Waals surface area contributed by atoms with Gasteiger partial charge in [0.25, 0.3) is 0 Å². The molecule has 14 heavy (non-hydrogen) atoms. The number of benzene rings is 1. The monoisotopic (exact) mass is 211 g/mol. The molecule has 1 aromatic rings. The average Bonchev–Trinajstić information content (AvgIpc) is 2.17. The molecule has 0 aliphatic rings. The van der Waals surface area contributed by atoms with Crippen LogP contribution in [-0.4, -0.2) is 18.3 Å². The van der Waals surface area contributed by atoms with Crippen LogP contribution in [-0.2, 0) is 11.2 Å². The van der Waals surface area contributed by atoms with Crippen LogP contribution in [0.25, 0.3) is 0 Å². The fourth-order valence-corrected chi connectivity index (χ4v) is 1.36. The number of carbonyl (C=O) groups excluding carboxylic acids is 1. The Bertz CT molecular complexity index is 312. The van der Waals surface area contributed by atoms with Crippen molar-refractivity contribution in [1.82, 2.24) is 5.32 Å². The van der Waals surface area contributed by atoms with Crippen molar-refractivity contribution in [1.29, 1.82) is 0 Å². The minimum Gasteiger partial charge on any atom is -0.355 e. The lowest BCUT2D eigenvalue weighted by atomic mass is 10.1. The summed E-state index contributed by atoms with van der Waals surface area (Å²) in [5.41, 5.74) is 2.48. The summed E-state index contributed by atoms with van der Waals surface area (Å²) in [5.74, 6) is -0.0762. The Morgan fingerprint density at radius 3 is 2.93 bits per heavy atom. The number of carbonyl (C=O) groups is 1. The van der Waals surface area contributed by atoms with Crippen LogP contribution >= 0.6 is 11.6 Å². The maximum absolute atomic E-state index is 10.8. The number of halogens is 1. The second-order valence-corrected chi connectivity index (χ2v) is 3.49. The van der Waals surface area contributed by atoms with Gasteiger partial charge in [0.05, 0.1) is 0 Å². The fraction of sp³-hybridized carbons (Fsp3) is 0.364. The third-order valence-electron chi connectivity index (χ3n) is 1.94. The highest BCUT2D eigenvalue weighted by Crippen LogP contribution is 2.03. The van der Waals surface area contributed by atoms with E-state index >= 15 is 0 Å². The summed E-state index contributed by atoms with van der Waals surface area (Å²) < 4.78 is 0. The summed E-state index contributed by atoms with van der Waals surface area (Å²) in [6, 6.07) is 8.25. The molecular formula is C11H14ClNO. The van der Waals surface area contributed by atoms with E-state index in [9.17, 15) is 4.79 Å². The van der Waals surface area contributed by atoms with Gasteiger partial charge >= 0.3 is 0 Å². The standard InChI is InChI=1S/C11H14ClNO/c1-9-3-2-4-10(7-9)5-6-13-11(14)8-12/h2-4,7H,5-6,8H2,1H3,(H,13,14). The highest BCUT2D eigenvalue weighted by atomic mass is 35.5. The number of rotatable bonds is 4. The molecule has 0 aliphatic heterocycles. The molecule has 0 heterocycles. The molecule has 1 aromatic carbocycles. The van der Waals surface area contributed by atoms with Gasteiger partial charge < -0.3 is 5.32 Å².